The first kappa shape index (κ1) is 21.8. The summed E-state index contributed by atoms with van der Waals surface area (Å²) in [7, 11) is 0. The number of alkyl halides is 1. The number of rotatable bonds is 8. The zero-order chi connectivity index (χ0) is 21.7. The number of anilines is 3. The summed E-state index contributed by atoms with van der Waals surface area (Å²) in [5, 5.41) is 3.67. The van der Waals surface area contributed by atoms with Gasteiger partial charge in [0.15, 0.2) is 5.82 Å². The molecular weight excluding hydrogens is 399 g/mol. The Hall–Kier alpha value is -2.92. The van der Waals surface area contributed by atoms with Gasteiger partial charge in [0.1, 0.15) is 10.7 Å². The summed E-state index contributed by atoms with van der Waals surface area (Å²) in [5.41, 5.74) is 2.48. The number of benzene rings is 2. The van der Waals surface area contributed by atoms with Crippen LogP contribution >= 0.6 is 11.6 Å². The Morgan fingerprint density at radius 3 is 2.50 bits per heavy atom. The number of nitrogens with one attached hydrogen (secondary N) is 1. The van der Waals surface area contributed by atoms with Crippen LogP contribution in [-0.2, 0) is 12.1 Å². The molecule has 0 atom stereocenters. The number of nitrogens with zero attached hydrogens (tertiary/aromatic N) is 3. The monoisotopic (exact) mass is 424 g/mol. The van der Waals surface area contributed by atoms with Gasteiger partial charge in [0.05, 0.1) is 6.20 Å². The summed E-state index contributed by atoms with van der Waals surface area (Å²) >= 11 is 6.38. The molecule has 0 saturated heterocycles. The summed E-state index contributed by atoms with van der Waals surface area (Å²) in [4.78, 5) is 10.7. The average Bonchev–Trinajstić information content (AvgIpc) is 2.72. The molecule has 6 heteroatoms. The van der Waals surface area contributed by atoms with Crippen LogP contribution in [-0.4, -0.2) is 16.5 Å². The molecule has 0 aliphatic rings. The van der Waals surface area contributed by atoms with Crippen LogP contribution in [0.1, 0.15) is 30.5 Å². The highest BCUT2D eigenvalue weighted by molar-refractivity contribution is 6.33. The predicted molar refractivity (Wildman–Crippen MR) is 123 cm³/mol. The third-order valence-electron chi connectivity index (χ3n) is 4.85. The Kier molecular flexibility index (Phi) is 6.73. The molecule has 0 amide bonds. The first-order valence-electron chi connectivity index (χ1n) is 9.82. The minimum atomic E-state index is -1.33. The van der Waals surface area contributed by atoms with Gasteiger partial charge < -0.3 is 10.2 Å². The molecular formula is C24H26ClFN4. The van der Waals surface area contributed by atoms with Crippen molar-refractivity contribution in [1.29, 1.82) is 0 Å². The van der Waals surface area contributed by atoms with Crippen molar-refractivity contribution in [3.05, 3.63) is 89.2 Å². The fraction of sp³-hybridized carbons (Fsp3) is 0.250. The first-order valence-corrected chi connectivity index (χ1v) is 10.2. The van der Waals surface area contributed by atoms with Gasteiger partial charge in [-0.2, -0.15) is 4.98 Å². The molecule has 0 fully saturated rings. The lowest BCUT2D eigenvalue weighted by Gasteiger charge is -2.22. The molecule has 2 aromatic carbocycles. The molecule has 1 aromatic heterocycles. The van der Waals surface area contributed by atoms with Crippen molar-refractivity contribution in [2.24, 2.45) is 0 Å². The minimum absolute atomic E-state index is 0.438. The van der Waals surface area contributed by atoms with Crippen molar-refractivity contribution in [3.63, 3.8) is 0 Å². The fourth-order valence-electron chi connectivity index (χ4n) is 3.13. The molecule has 0 radical (unpaired) electrons. The summed E-state index contributed by atoms with van der Waals surface area (Å²) in [6.45, 7) is 9.69. The van der Waals surface area contributed by atoms with Crippen LogP contribution in [0.25, 0.3) is 0 Å². The minimum Gasteiger partial charge on any atom is -0.354 e. The lowest BCUT2D eigenvalue weighted by molar-refractivity contribution is 0.221. The van der Waals surface area contributed by atoms with Crippen molar-refractivity contribution < 1.29 is 4.39 Å². The largest absolute Gasteiger partial charge is 0.354 e. The van der Waals surface area contributed by atoms with E-state index in [9.17, 15) is 4.39 Å². The summed E-state index contributed by atoms with van der Waals surface area (Å²) in [6, 6.07) is 15.5. The summed E-state index contributed by atoms with van der Waals surface area (Å²) in [5.74, 6) is 1.05. The lowest BCUT2D eigenvalue weighted by atomic mass is 9.98. The molecule has 3 rings (SSSR count). The zero-order valence-electron chi connectivity index (χ0n) is 17.5. The van der Waals surface area contributed by atoms with E-state index >= 15 is 0 Å². The molecule has 3 aromatic rings. The fourth-order valence-corrected chi connectivity index (χ4v) is 3.31. The summed E-state index contributed by atoms with van der Waals surface area (Å²) < 4.78 is 14.0. The molecule has 0 bridgehead atoms. The van der Waals surface area contributed by atoms with Gasteiger partial charge in [0, 0.05) is 18.4 Å². The molecule has 30 heavy (non-hydrogen) atoms. The van der Waals surface area contributed by atoms with E-state index in [1.165, 1.54) is 0 Å². The predicted octanol–water partition coefficient (Wildman–Crippen LogP) is 6.58. The van der Waals surface area contributed by atoms with E-state index in [0.717, 1.165) is 23.2 Å². The number of aromatic nitrogens is 2. The Morgan fingerprint density at radius 2 is 1.87 bits per heavy atom. The van der Waals surface area contributed by atoms with E-state index in [4.69, 9.17) is 11.6 Å². The topological polar surface area (TPSA) is 41.1 Å². The van der Waals surface area contributed by atoms with E-state index in [1.54, 1.807) is 26.2 Å². The van der Waals surface area contributed by atoms with E-state index < -0.39 is 5.67 Å². The van der Waals surface area contributed by atoms with E-state index in [0.29, 0.717) is 28.9 Å². The third kappa shape index (κ3) is 5.16. The maximum atomic E-state index is 14.0. The Balaban J connectivity index is 1.71. The Bertz CT molecular complexity index is 1010. The molecule has 0 saturated carbocycles. The lowest BCUT2D eigenvalue weighted by Crippen LogP contribution is -2.14. The number of hydrogen-bond donors (Lipinski definition) is 1. The van der Waals surface area contributed by atoms with Gasteiger partial charge in [-0.1, -0.05) is 60.6 Å². The first-order chi connectivity index (χ1) is 14.3. The van der Waals surface area contributed by atoms with Crippen LogP contribution in [0.2, 0.25) is 5.02 Å². The van der Waals surface area contributed by atoms with Crippen LogP contribution < -0.4 is 10.2 Å². The van der Waals surface area contributed by atoms with Gasteiger partial charge in [0.2, 0.25) is 5.95 Å². The molecule has 0 unspecified atom stereocenters. The highest BCUT2D eigenvalue weighted by atomic mass is 35.5. The zero-order valence-corrected chi connectivity index (χ0v) is 18.2. The normalized spacial score (nSPS) is 11.2. The number of halogens is 2. The maximum Gasteiger partial charge on any atom is 0.224 e. The highest BCUT2D eigenvalue weighted by Gasteiger charge is 2.18. The van der Waals surface area contributed by atoms with E-state index in [1.807, 2.05) is 60.4 Å². The highest BCUT2D eigenvalue weighted by Crippen LogP contribution is 2.32. The third-order valence-corrected chi connectivity index (χ3v) is 5.12. The van der Waals surface area contributed by atoms with Crippen LogP contribution in [0.5, 0.6) is 0 Å². The van der Waals surface area contributed by atoms with Crippen molar-refractivity contribution in [2.45, 2.75) is 32.9 Å². The van der Waals surface area contributed by atoms with Crippen molar-refractivity contribution in [1.82, 2.24) is 9.97 Å². The van der Waals surface area contributed by atoms with Crippen LogP contribution in [0.15, 0.2) is 67.5 Å². The van der Waals surface area contributed by atoms with Gasteiger partial charge in [-0.15, -0.1) is 0 Å². The molecule has 0 spiro atoms. The van der Waals surface area contributed by atoms with Crippen molar-refractivity contribution in [3.8, 4) is 0 Å². The molecule has 156 valence electrons. The van der Waals surface area contributed by atoms with Gasteiger partial charge in [0.25, 0.3) is 0 Å². The van der Waals surface area contributed by atoms with Crippen molar-refractivity contribution in [2.75, 3.05) is 16.8 Å². The van der Waals surface area contributed by atoms with Crippen LogP contribution in [0.4, 0.5) is 21.8 Å². The van der Waals surface area contributed by atoms with E-state index in [-0.39, 0.29) is 0 Å². The van der Waals surface area contributed by atoms with Crippen molar-refractivity contribution >= 4 is 29.1 Å². The quantitative estimate of drug-likeness (QED) is 0.443. The van der Waals surface area contributed by atoms with E-state index in [2.05, 4.69) is 21.9 Å². The average molecular weight is 425 g/mol. The smallest absolute Gasteiger partial charge is 0.224 e. The van der Waals surface area contributed by atoms with Crippen LogP contribution in [0, 0.1) is 6.92 Å². The molecule has 0 aliphatic carbocycles. The number of para-hydroxylation sites is 1. The molecule has 1 N–H and O–H groups in total. The standard InChI is InChI=1S/C24H26ClFN4/c1-5-30(21-9-7-6-8-17(21)2)22-20(25)16-28-23(29-22)27-15-14-18-10-12-19(13-11-18)24(3,4)26/h5-13,16H,1,14-15H2,2-4H3,(H,27,28,29). The second-order valence-electron chi connectivity index (χ2n) is 7.55. The number of aryl methyl sites for hydroxylation is 1. The van der Waals surface area contributed by atoms with Gasteiger partial charge >= 0.3 is 0 Å². The number of hydrogen-bond acceptors (Lipinski definition) is 4. The second-order valence-corrected chi connectivity index (χ2v) is 7.96. The second kappa shape index (κ2) is 9.26. The van der Waals surface area contributed by atoms with Gasteiger partial charge in [-0.25, -0.2) is 9.37 Å². The summed E-state index contributed by atoms with van der Waals surface area (Å²) in [6.07, 6.45) is 4.03. The maximum absolute atomic E-state index is 14.0. The van der Waals surface area contributed by atoms with Gasteiger partial charge in [-0.3, -0.25) is 0 Å². The van der Waals surface area contributed by atoms with Gasteiger partial charge in [-0.05, 0) is 49.9 Å². The Morgan fingerprint density at radius 1 is 1.17 bits per heavy atom. The SMILES string of the molecule is C=CN(c1ccccc1C)c1nc(NCCc2ccc(C(C)(C)F)cc2)ncc1Cl. The molecule has 4 nitrogen and oxygen atoms in total. The molecule has 1 heterocycles. The molecule has 0 aliphatic heterocycles. The Labute approximate surface area is 182 Å². The van der Waals surface area contributed by atoms with Crippen LogP contribution in [0.3, 0.4) is 0 Å².